The molecule has 1 heterocycles. The highest BCUT2D eigenvalue weighted by atomic mass is 16.5. The molecule has 0 saturated carbocycles. The van der Waals surface area contributed by atoms with Crippen molar-refractivity contribution in [2.24, 2.45) is 0 Å². The molecule has 1 aromatic rings. The molecule has 0 aromatic carbocycles. The number of nitrogens with one attached hydrogen (secondary N) is 1. The van der Waals surface area contributed by atoms with Gasteiger partial charge >= 0.3 is 5.97 Å². The van der Waals surface area contributed by atoms with Gasteiger partial charge in [0.05, 0.1) is 23.1 Å². The van der Waals surface area contributed by atoms with E-state index < -0.39 is 12.1 Å². The molecule has 6 heteroatoms. The number of rotatable bonds is 7. The Kier molecular flexibility index (Phi) is 6.65. The summed E-state index contributed by atoms with van der Waals surface area (Å²) in [7, 11) is 0. The van der Waals surface area contributed by atoms with Crippen molar-refractivity contribution in [3.8, 4) is 0 Å². The van der Waals surface area contributed by atoms with Crippen molar-refractivity contribution in [3.05, 3.63) is 23.5 Å². The van der Waals surface area contributed by atoms with Gasteiger partial charge in [-0.15, -0.1) is 0 Å². The van der Waals surface area contributed by atoms with Gasteiger partial charge < -0.3 is 15.8 Å². The van der Waals surface area contributed by atoms with E-state index in [1.165, 1.54) is 12.3 Å². The molecule has 0 aliphatic rings. The highest BCUT2D eigenvalue weighted by Crippen LogP contribution is 2.12. The Balaban J connectivity index is 2.53. The zero-order valence-electron chi connectivity index (χ0n) is 12.8. The van der Waals surface area contributed by atoms with Crippen LogP contribution in [-0.4, -0.2) is 29.5 Å². The van der Waals surface area contributed by atoms with Crippen LogP contribution in [0.4, 0.5) is 5.69 Å². The Morgan fingerprint density at radius 1 is 1.43 bits per heavy atom. The minimum atomic E-state index is -0.847. The van der Waals surface area contributed by atoms with Crippen molar-refractivity contribution in [3.63, 3.8) is 0 Å². The van der Waals surface area contributed by atoms with E-state index in [9.17, 15) is 9.59 Å². The number of ether oxygens (including phenoxy) is 1. The monoisotopic (exact) mass is 293 g/mol. The molecule has 1 unspecified atom stereocenters. The second kappa shape index (κ2) is 8.24. The van der Waals surface area contributed by atoms with Crippen LogP contribution in [0, 0.1) is 6.92 Å². The smallest absolute Gasteiger partial charge is 0.340 e. The fourth-order valence-electron chi connectivity index (χ4n) is 1.76. The van der Waals surface area contributed by atoms with E-state index in [1.807, 2.05) is 0 Å². The van der Waals surface area contributed by atoms with E-state index in [4.69, 9.17) is 10.5 Å². The molecule has 0 aliphatic heterocycles. The molecule has 0 fully saturated rings. The average molecular weight is 293 g/mol. The minimum absolute atomic E-state index is 0.278. The van der Waals surface area contributed by atoms with Crippen LogP contribution < -0.4 is 11.1 Å². The van der Waals surface area contributed by atoms with E-state index in [1.54, 1.807) is 13.8 Å². The van der Waals surface area contributed by atoms with Crippen molar-refractivity contribution >= 4 is 17.6 Å². The summed E-state index contributed by atoms with van der Waals surface area (Å²) in [5, 5.41) is 2.74. The fraction of sp³-hybridized carbons (Fsp3) is 0.533. The SMILES string of the molecule is CCCCCNC(=O)C(C)OC(=O)c1cc(N)cnc1C. The number of amides is 1. The molecule has 0 spiro atoms. The number of pyridine rings is 1. The van der Waals surface area contributed by atoms with E-state index in [-0.39, 0.29) is 11.5 Å². The Labute approximate surface area is 125 Å². The van der Waals surface area contributed by atoms with Crippen LogP contribution in [0.2, 0.25) is 0 Å². The van der Waals surface area contributed by atoms with Crippen molar-refractivity contribution in [2.45, 2.75) is 46.1 Å². The number of esters is 1. The summed E-state index contributed by atoms with van der Waals surface area (Å²) in [6, 6.07) is 1.50. The maximum absolute atomic E-state index is 12.0. The van der Waals surface area contributed by atoms with Gasteiger partial charge in [0.15, 0.2) is 6.10 Å². The number of aryl methyl sites for hydroxylation is 1. The molecule has 0 bridgehead atoms. The van der Waals surface area contributed by atoms with Crippen molar-refractivity contribution in [1.82, 2.24) is 10.3 Å². The lowest BCUT2D eigenvalue weighted by atomic mass is 10.2. The van der Waals surface area contributed by atoms with Gasteiger partial charge in [0, 0.05) is 6.54 Å². The van der Waals surface area contributed by atoms with Crippen molar-refractivity contribution < 1.29 is 14.3 Å². The zero-order chi connectivity index (χ0) is 15.8. The third kappa shape index (κ3) is 5.41. The van der Waals surface area contributed by atoms with Crippen LogP contribution >= 0.6 is 0 Å². The van der Waals surface area contributed by atoms with Gasteiger partial charge in [-0.3, -0.25) is 9.78 Å². The standard InChI is InChI=1S/C15H23N3O3/c1-4-5-6-7-17-14(19)11(3)21-15(20)13-8-12(16)9-18-10(13)2/h8-9,11H,4-7,16H2,1-3H3,(H,17,19). The topological polar surface area (TPSA) is 94.3 Å². The number of anilines is 1. The van der Waals surface area contributed by atoms with Crippen LogP contribution in [-0.2, 0) is 9.53 Å². The summed E-state index contributed by atoms with van der Waals surface area (Å²) < 4.78 is 5.14. The van der Waals surface area contributed by atoms with Gasteiger partial charge in [-0.25, -0.2) is 4.79 Å². The molecule has 3 N–H and O–H groups in total. The molecule has 1 aromatic heterocycles. The number of nitrogen functional groups attached to an aromatic ring is 1. The molecular formula is C15H23N3O3. The first-order chi connectivity index (χ1) is 9.95. The van der Waals surface area contributed by atoms with Crippen LogP contribution in [0.5, 0.6) is 0 Å². The number of carbonyl (C=O) groups is 2. The third-order valence-corrected chi connectivity index (χ3v) is 3.06. The minimum Gasteiger partial charge on any atom is -0.449 e. The Morgan fingerprint density at radius 2 is 2.14 bits per heavy atom. The highest BCUT2D eigenvalue weighted by molar-refractivity contribution is 5.93. The Morgan fingerprint density at radius 3 is 2.81 bits per heavy atom. The van der Waals surface area contributed by atoms with Crippen LogP contribution in [0.3, 0.4) is 0 Å². The summed E-state index contributed by atoms with van der Waals surface area (Å²) >= 11 is 0. The predicted molar refractivity (Wildman–Crippen MR) is 80.8 cm³/mol. The molecule has 116 valence electrons. The van der Waals surface area contributed by atoms with Crippen molar-refractivity contribution in [1.29, 1.82) is 0 Å². The second-order valence-corrected chi connectivity index (χ2v) is 4.95. The van der Waals surface area contributed by atoms with E-state index in [2.05, 4.69) is 17.2 Å². The second-order valence-electron chi connectivity index (χ2n) is 4.95. The molecule has 0 saturated heterocycles. The first-order valence-corrected chi connectivity index (χ1v) is 7.16. The summed E-state index contributed by atoms with van der Waals surface area (Å²) in [4.78, 5) is 27.8. The van der Waals surface area contributed by atoms with Crippen LogP contribution in [0.25, 0.3) is 0 Å². The van der Waals surface area contributed by atoms with E-state index in [0.29, 0.717) is 17.9 Å². The summed E-state index contributed by atoms with van der Waals surface area (Å²) in [6.07, 6.45) is 3.68. The molecule has 21 heavy (non-hydrogen) atoms. The number of carbonyl (C=O) groups excluding carboxylic acids is 2. The molecule has 1 amide bonds. The number of hydrogen-bond donors (Lipinski definition) is 2. The molecule has 0 radical (unpaired) electrons. The summed E-state index contributed by atoms with van der Waals surface area (Å²) in [5.41, 5.74) is 6.78. The van der Waals surface area contributed by atoms with Crippen LogP contribution in [0.15, 0.2) is 12.3 Å². The lowest BCUT2D eigenvalue weighted by Gasteiger charge is -2.14. The highest BCUT2D eigenvalue weighted by Gasteiger charge is 2.20. The van der Waals surface area contributed by atoms with Gasteiger partial charge in [-0.2, -0.15) is 0 Å². The Hall–Kier alpha value is -2.11. The maximum Gasteiger partial charge on any atom is 0.340 e. The predicted octanol–water partition coefficient (Wildman–Crippen LogP) is 1.82. The molecule has 1 atom stereocenters. The first-order valence-electron chi connectivity index (χ1n) is 7.16. The van der Waals surface area contributed by atoms with Gasteiger partial charge in [-0.05, 0) is 26.3 Å². The first kappa shape index (κ1) is 16.9. The summed E-state index contributed by atoms with van der Waals surface area (Å²) in [6.45, 7) is 5.91. The lowest BCUT2D eigenvalue weighted by Crippen LogP contribution is -2.36. The molecular weight excluding hydrogens is 270 g/mol. The van der Waals surface area contributed by atoms with Gasteiger partial charge in [0.25, 0.3) is 5.91 Å². The molecule has 1 rings (SSSR count). The van der Waals surface area contributed by atoms with Gasteiger partial charge in [0.1, 0.15) is 0 Å². The zero-order valence-corrected chi connectivity index (χ0v) is 12.8. The maximum atomic E-state index is 12.0. The average Bonchev–Trinajstić information content (AvgIpc) is 2.45. The normalized spacial score (nSPS) is 11.8. The number of unbranched alkanes of at least 4 members (excludes halogenated alkanes) is 2. The van der Waals surface area contributed by atoms with Gasteiger partial charge in [-0.1, -0.05) is 19.8 Å². The largest absolute Gasteiger partial charge is 0.449 e. The molecule has 6 nitrogen and oxygen atoms in total. The van der Waals surface area contributed by atoms with Crippen LogP contribution in [0.1, 0.15) is 49.2 Å². The fourth-order valence-corrected chi connectivity index (χ4v) is 1.76. The van der Waals surface area contributed by atoms with E-state index in [0.717, 1.165) is 19.3 Å². The number of nitrogens with two attached hydrogens (primary N) is 1. The summed E-state index contributed by atoms with van der Waals surface area (Å²) in [5.74, 6) is -0.891. The van der Waals surface area contributed by atoms with E-state index >= 15 is 0 Å². The molecule has 0 aliphatic carbocycles. The number of aromatic nitrogens is 1. The lowest BCUT2D eigenvalue weighted by molar-refractivity contribution is -0.129. The quantitative estimate of drug-likeness (QED) is 0.590. The third-order valence-electron chi connectivity index (χ3n) is 3.06. The number of nitrogens with zero attached hydrogens (tertiary/aromatic N) is 1. The number of hydrogen-bond acceptors (Lipinski definition) is 5. The van der Waals surface area contributed by atoms with Crippen molar-refractivity contribution in [2.75, 3.05) is 12.3 Å². The Bertz CT molecular complexity index is 503. The van der Waals surface area contributed by atoms with Gasteiger partial charge in [0.2, 0.25) is 0 Å².